The largest absolute Gasteiger partial charge is 0.480 e. The molecule has 23 heavy (non-hydrogen) atoms. The molecular formula is C15H22N4O4. The summed E-state index contributed by atoms with van der Waals surface area (Å²) >= 11 is 0. The Balaban J connectivity index is 2.72. The van der Waals surface area contributed by atoms with Crippen LogP contribution in [0.4, 0.5) is 0 Å². The lowest BCUT2D eigenvalue weighted by Crippen LogP contribution is -2.50. The predicted molar refractivity (Wildman–Crippen MR) is 81.9 cm³/mol. The third-order valence-electron chi connectivity index (χ3n) is 3.70. The average molecular weight is 322 g/mol. The van der Waals surface area contributed by atoms with Crippen molar-refractivity contribution < 1.29 is 19.5 Å². The Labute approximate surface area is 135 Å². The van der Waals surface area contributed by atoms with Crippen molar-refractivity contribution in [3.8, 4) is 6.07 Å². The number of piperazine rings is 1. The lowest BCUT2D eigenvalue weighted by atomic mass is 10.1. The van der Waals surface area contributed by atoms with Gasteiger partial charge < -0.3 is 20.2 Å². The van der Waals surface area contributed by atoms with Crippen LogP contribution >= 0.6 is 0 Å². The van der Waals surface area contributed by atoms with Gasteiger partial charge in [-0.25, -0.2) is 4.79 Å². The summed E-state index contributed by atoms with van der Waals surface area (Å²) in [4.78, 5) is 37.8. The van der Waals surface area contributed by atoms with E-state index in [9.17, 15) is 14.4 Å². The molecule has 1 rings (SSSR count). The van der Waals surface area contributed by atoms with Crippen molar-refractivity contribution in [3.63, 3.8) is 0 Å². The molecule has 0 saturated carbocycles. The highest BCUT2D eigenvalue weighted by molar-refractivity contribution is 5.97. The number of amides is 2. The fraction of sp³-hybridized carbons (Fsp3) is 0.600. The number of carbonyl (C=O) groups excluding carboxylic acids is 2. The first-order valence-electron chi connectivity index (χ1n) is 7.41. The maximum absolute atomic E-state index is 12.3. The molecule has 2 amide bonds. The van der Waals surface area contributed by atoms with Crippen molar-refractivity contribution >= 4 is 17.8 Å². The summed E-state index contributed by atoms with van der Waals surface area (Å²) < 4.78 is 0. The van der Waals surface area contributed by atoms with Gasteiger partial charge >= 0.3 is 5.97 Å². The highest BCUT2D eigenvalue weighted by Gasteiger charge is 2.25. The van der Waals surface area contributed by atoms with E-state index in [1.165, 1.54) is 18.0 Å². The second-order valence-corrected chi connectivity index (χ2v) is 5.69. The van der Waals surface area contributed by atoms with E-state index in [1.54, 1.807) is 24.8 Å². The van der Waals surface area contributed by atoms with Gasteiger partial charge in [-0.05, 0) is 5.92 Å². The van der Waals surface area contributed by atoms with Crippen molar-refractivity contribution in [2.24, 2.45) is 5.92 Å². The number of nitrogens with one attached hydrogen (secondary N) is 1. The Kier molecular flexibility index (Phi) is 6.57. The first-order valence-corrected chi connectivity index (χ1v) is 7.41. The van der Waals surface area contributed by atoms with Crippen LogP contribution in [0.15, 0.2) is 11.8 Å². The number of nitriles is 1. The monoisotopic (exact) mass is 322 g/mol. The van der Waals surface area contributed by atoms with E-state index in [0.29, 0.717) is 26.2 Å². The zero-order chi connectivity index (χ0) is 17.6. The lowest BCUT2D eigenvalue weighted by molar-refractivity contribution is -0.140. The van der Waals surface area contributed by atoms with Gasteiger partial charge in [0.25, 0.3) is 5.91 Å². The molecule has 8 heteroatoms. The fourth-order valence-corrected chi connectivity index (χ4v) is 2.26. The van der Waals surface area contributed by atoms with Crippen LogP contribution in [0.2, 0.25) is 0 Å². The molecule has 0 aliphatic carbocycles. The fourth-order valence-electron chi connectivity index (χ4n) is 2.26. The first kappa shape index (κ1) is 18.5. The normalized spacial score (nSPS) is 16.7. The maximum atomic E-state index is 12.3. The van der Waals surface area contributed by atoms with Crippen molar-refractivity contribution in [1.82, 2.24) is 15.1 Å². The number of carboxylic acids is 1. The molecule has 1 heterocycles. The number of carbonyl (C=O) groups is 3. The summed E-state index contributed by atoms with van der Waals surface area (Å²) in [5, 5.41) is 20.9. The number of rotatable bonds is 5. The second-order valence-electron chi connectivity index (χ2n) is 5.69. The summed E-state index contributed by atoms with van der Waals surface area (Å²) in [5.41, 5.74) is -0.145. The number of hydrogen-bond donors (Lipinski definition) is 2. The van der Waals surface area contributed by atoms with Crippen LogP contribution in [0.25, 0.3) is 0 Å². The molecule has 8 nitrogen and oxygen atoms in total. The summed E-state index contributed by atoms with van der Waals surface area (Å²) in [6.07, 6.45) is 1.17. The van der Waals surface area contributed by atoms with Gasteiger partial charge in [-0.3, -0.25) is 9.59 Å². The van der Waals surface area contributed by atoms with E-state index in [0.717, 1.165) is 0 Å². The molecule has 2 N–H and O–H groups in total. The van der Waals surface area contributed by atoms with Gasteiger partial charge in [0.1, 0.15) is 17.7 Å². The van der Waals surface area contributed by atoms with Crippen LogP contribution in [-0.4, -0.2) is 64.9 Å². The van der Waals surface area contributed by atoms with E-state index in [1.807, 2.05) is 0 Å². The molecule has 1 unspecified atom stereocenters. The van der Waals surface area contributed by atoms with Gasteiger partial charge in [0.2, 0.25) is 5.91 Å². The molecule has 0 aromatic heterocycles. The average Bonchev–Trinajstić information content (AvgIpc) is 2.50. The zero-order valence-electron chi connectivity index (χ0n) is 13.6. The Morgan fingerprint density at radius 2 is 1.70 bits per heavy atom. The Morgan fingerprint density at radius 1 is 1.17 bits per heavy atom. The molecule has 1 aliphatic rings. The minimum Gasteiger partial charge on any atom is -0.480 e. The molecule has 0 aromatic rings. The molecular weight excluding hydrogens is 300 g/mol. The standard InChI is InChI=1S/C15H22N4O4/c1-10(2)13(15(22)23)17-9-12(8-16)14(21)19-6-4-18(5-7-19)11(3)20/h9-10,13,17H,4-7H2,1-3H3,(H,22,23)/b12-9-. The summed E-state index contributed by atoms with van der Waals surface area (Å²) in [7, 11) is 0. The molecule has 0 aromatic carbocycles. The molecule has 126 valence electrons. The topological polar surface area (TPSA) is 114 Å². The van der Waals surface area contributed by atoms with Crippen LogP contribution < -0.4 is 5.32 Å². The van der Waals surface area contributed by atoms with Crippen LogP contribution in [0.1, 0.15) is 20.8 Å². The van der Waals surface area contributed by atoms with E-state index in [2.05, 4.69) is 5.32 Å². The Morgan fingerprint density at radius 3 is 2.09 bits per heavy atom. The van der Waals surface area contributed by atoms with Gasteiger partial charge in [-0.15, -0.1) is 0 Å². The Hall–Kier alpha value is -2.56. The summed E-state index contributed by atoms with van der Waals surface area (Å²) in [5.74, 6) is -1.75. The number of nitrogens with zero attached hydrogens (tertiary/aromatic N) is 3. The van der Waals surface area contributed by atoms with Crippen LogP contribution in [0.5, 0.6) is 0 Å². The van der Waals surface area contributed by atoms with Crippen LogP contribution in [0.3, 0.4) is 0 Å². The van der Waals surface area contributed by atoms with Crippen LogP contribution in [-0.2, 0) is 14.4 Å². The number of hydrogen-bond acceptors (Lipinski definition) is 5. The van der Waals surface area contributed by atoms with Gasteiger partial charge in [-0.2, -0.15) is 5.26 Å². The van der Waals surface area contributed by atoms with Crippen molar-refractivity contribution in [3.05, 3.63) is 11.8 Å². The van der Waals surface area contributed by atoms with Crippen molar-refractivity contribution in [2.45, 2.75) is 26.8 Å². The van der Waals surface area contributed by atoms with E-state index in [-0.39, 0.29) is 17.4 Å². The summed E-state index contributed by atoms with van der Waals surface area (Å²) in [6, 6.07) is 0.926. The van der Waals surface area contributed by atoms with E-state index in [4.69, 9.17) is 10.4 Å². The third-order valence-corrected chi connectivity index (χ3v) is 3.70. The Bertz CT molecular complexity index is 542. The van der Waals surface area contributed by atoms with Crippen molar-refractivity contribution in [1.29, 1.82) is 5.26 Å². The van der Waals surface area contributed by atoms with E-state index >= 15 is 0 Å². The first-order chi connectivity index (χ1) is 10.8. The molecule has 1 atom stereocenters. The predicted octanol–water partition coefficient (Wildman–Crippen LogP) is -0.217. The highest BCUT2D eigenvalue weighted by atomic mass is 16.4. The zero-order valence-corrected chi connectivity index (χ0v) is 13.6. The van der Waals surface area contributed by atoms with Gasteiger partial charge in [0.05, 0.1) is 0 Å². The van der Waals surface area contributed by atoms with Gasteiger partial charge in [0, 0.05) is 39.3 Å². The molecule has 0 radical (unpaired) electrons. The molecule has 1 aliphatic heterocycles. The lowest BCUT2D eigenvalue weighted by Gasteiger charge is -2.34. The summed E-state index contributed by atoms with van der Waals surface area (Å²) in [6.45, 7) is 6.49. The van der Waals surface area contributed by atoms with E-state index < -0.39 is 17.9 Å². The quantitative estimate of drug-likeness (QED) is 0.534. The molecule has 0 bridgehead atoms. The smallest absolute Gasteiger partial charge is 0.326 e. The number of carboxylic acid groups (broad SMARTS) is 1. The minimum absolute atomic E-state index is 0.0453. The SMILES string of the molecule is CC(=O)N1CCN(C(=O)/C(C#N)=C\NC(C(=O)O)C(C)C)CC1. The van der Waals surface area contributed by atoms with Gasteiger partial charge in [-0.1, -0.05) is 13.8 Å². The van der Waals surface area contributed by atoms with Crippen molar-refractivity contribution in [2.75, 3.05) is 26.2 Å². The highest BCUT2D eigenvalue weighted by Crippen LogP contribution is 2.08. The number of aliphatic carboxylic acids is 1. The maximum Gasteiger partial charge on any atom is 0.326 e. The third kappa shape index (κ3) is 4.98. The molecule has 1 saturated heterocycles. The minimum atomic E-state index is -1.05. The molecule has 1 fully saturated rings. The molecule has 0 spiro atoms. The second kappa shape index (κ2) is 8.17. The van der Waals surface area contributed by atoms with Crippen LogP contribution in [0, 0.1) is 17.2 Å². The van der Waals surface area contributed by atoms with Gasteiger partial charge in [0.15, 0.2) is 0 Å².